The van der Waals surface area contributed by atoms with E-state index in [1.54, 1.807) is 12.1 Å². The van der Waals surface area contributed by atoms with Crippen LogP contribution < -0.4 is 4.74 Å². The molecule has 0 aliphatic heterocycles. The summed E-state index contributed by atoms with van der Waals surface area (Å²) in [6.45, 7) is -0.799. The summed E-state index contributed by atoms with van der Waals surface area (Å²) in [6, 6.07) is 9.49. The summed E-state index contributed by atoms with van der Waals surface area (Å²) in [7, 11) is 0. The van der Waals surface area contributed by atoms with Crippen molar-refractivity contribution in [3.63, 3.8) is 0 Å². The molecule has 0 unspecified atom stereocenters. The van der Waals surface area contributed by atoms with Crippen LogP contribution in [0.4, 0.5) is 17.6 Å². The van der Waals surface area contributed by atoms with Crippen molar-refractivity contribution >= 4 is 0 Å². The molecule has 36 heavy (non-hydrogen) atoms. The van der Waals surface area contributed by atoms with E-state index in [4.69, 9.17) is 4.74 Å². The number of hydrogen-bond donors (Lipinski definition) is 2. The highest BCUT2D eigenvalue weighted by Gasteiger charge is 2.82. The van der Waals surface area contributed by atoms with Crippen LogP contribution in [0.2, 0.25) is 0 Å². The number of rotatable bonds is 8. The number of ether oxygens (including phenoxy) is 1. The molecule has 4 aliphatic rings. The van der Waals surface area contributed by atoms with E-state index in [9.17, 15) is 19.0 Å². The molecule has 0 amide bonds. The number of benzene rings is 2. The average Bonchev–Trinajstić information content (AvgIpc) is 3.24. The molecule has 190 valence electrons. The van der Waals surface area contributed by atoms with Crippen LogP contribution in [0.25, 0.3) is 0 Å². The van der Waals surface area contributed by atoms with Gasteiger partial charge in [-0.2, -0.15) is 0 Å². The Hall–Kier alpha value is -3.05. The quantitative estimate of drug-likeness (QED) is 0.457. The van der Waals surface area contributed by atoms with Crippen molar-refractivity contribution < 1.29 is 32.5 Å². The van der Waals surface area contributed by atoms with Crippen molar-refractivity contribution in [3.05, 3.63) is 71.6 Å². The van der Waals surface area contributed by atoms with Gasteiger partial charge in [-0.3, -0.25) is 0 Å². The maximum atomic E-state index is 16.2. The lowest BCUT2D eigenvalue weighted by Crippen LogP contribution is -2.76. The molecular formula is C25H24F4N4O3. The summed E-state index contributed by atoms with van der Waals surface area (Å²) in [4.78, 5) is 0. The number of aliphatic hydroxyl groups is 2. The van der Waals surface area contributed by atoms with Gasteiger partial charge in [0.25, 0.3) is 5.92 Å². The maximum Gasteiger partial charge on any atom is 0.287 e. The third-order valence-electron chi connectivity index (χ3n) is 8.21. The first-order valence-electron chi connectivity index (χ1n) is 11.8. The van der Waals surface area contributed by atoms with Gasteiger partial charge < -0.3 is 14.9 Å². The van der Waals surface area contributed by atoms with Gasteiger partial charge >= 0.3 is 0 Å². The van der Waals surface area contributed by atoms with E-state index < -0.39 is 46.1 Å². The summed E-state index contributed by atoms with van der Waals surface area (Å²) in [6.07, 6.45) is 2.23. The average molecular weight is 504 g/mol. The topological polar surface area (TPSA) is 93.3 Å². The molecule has 1 heterocycles. The monoisotopic (exact) mass is 504 g/mol. The van der Waals surface area contributed by atoms with Gasteiger partial charge in [-0.25, -0.2) is 22.2 Å². The van der Waals surface area contributed by atoms with Crippen molar-refractivity contribution in [3.8, 4) is 5.75 Å². The minimum absolute atomic E-state index is 0.0209. The maximum absolute atomic E-state index is 16.2. The predicted octanol–water partition coefficient (Wildman–Crippen LogP) is 3.50. The molecule has 0 radical (unpaired) electrons. The molecule has 2 N–H and O–H groups in total. The van der Waals surface area contributed by atoms with Crippen LogP contribution >= 0.6 is 0 Å². The van der Waals surface area contributed by atoms with Gasteiger partial charge in [0.2, 0.25) is 0 Å². The summed E-state index contributed by atoms with van der Waals surface area (Å²) >= 11 is 0. The lowest BCUT2D eigenvalue weighted by Gasteiger charge is -2.74. The van der Waals surface area contributed by atoms with E-state index in [1.165, 1.54) is 0 Å². The minimum Gasteiger partial charge on any atom is -0.490 e. The highest BCUT2D eigenvalue weighted by Crippen LogP contribution is 2.80. The van der Waals surface area contributed by atoms with Gasteiger partial charge in [-0.1, -0.05) is 12.1 Å². The molecule has 3 aromatic rings. The van der Waals surface area contributed by atoms with E-state index in [2.05, 4.69) is 15.5 Å². The number of halogens is 4. The van der Waals surface area contributed by atoms with Crippen molar-refractivity contribution in [1.82, 2.24) is 20.2 Å². The van der Waals surface area contributed by atoms with E-state index in [-0.39, 0.29) is 31.5 Å². The number of alkyl halides is 2. The molecule has 4 aliphatic carbocycles. The number of aromatic nitrogens is 4. The third kappa shape index (κ3) is 3.28. The number of nitrogens with zero attached hydrogens (tertiary/aromatic N) is 4. The Labute approximate surface area is 203 Å². The summed E-state index contributed by atoms with van der Waals surface area (Å²) < 4.78 is 67.4. The van der Waals surface area contributed by atoms with Gasteiger partial charge in [0.1, 0.15) is 29.8 Å². The molecule has 0 spiro atoms. The van der Waals surface area contributed by atoms with Gasteiger partial charge in [-0.05, 0) is 64.9 Å². The van der Waals surface area contributed by atoms with E-state index in [1.807, 2.05) is 12.1 Å². The zero-order valence-electron chi connectivity index (χ0n) is 19.1. The highest BCUT2D eigenvalue weighted by molar-refractivity contribution is 5.44. The number of hydrogen-bond acceptors (Lipinski definition) is 6. The molecule has 11 heteroatoms. The highest BCUT2D eigenvalue weighted by atomic mass is 19.3. The standard InChI is InChI=1S/C25H24F4N4O3/c26-16-3-6-20(21(27)7-16)24(35,13-33-14-30-31-32-33)25(28,29)23-10-22(11-23,12-23)15-1-4-18(5-2-15)36-19-8-17(34)9-19/h1-7,14,17,19,34-35H,8-13H2/t17?,19?,22?,23?,24-/m0/s1. The lowest BCUT2D eigenvalue weighted by atomic mass is 9.30. The lowest BCUT2D eigenvalue weighted by molar-refractivity contribution is -0.347. The fourth-order valence-corrected chi connectivity index (χ4v) is 6.25. The minimum atomic E-state index is -3.76. The molecule has 4 saturated carbocycles. The van der Waals surface area contributed by atoms with Crippen LogP contribution in [0, 0.1) is 17.0 Å². The Kier molecular flexibility index (Phi) is 5.01. The summed E-state index contributed by atoms with van der Waals surface area (Å²) in [5.74, 6) is -5.30. The second-order valence-corrected chi connectivity index (χ2v) is 10.5. The largest absolute Gasteiger partial charge is 0.490 e. The zero-order chi connectivity index (χ0) is 25.3. The molecule has 4 fully saturated rings. The number of tetrazole rings is 1. The summed E-state index contributed by atoms with van der Waals surface area (Å²) in [5, 5.41) is 31.2. The van der Waals surface area contributed by atoms with Crippen molar-refractivity contribution in [2.45, 2.75) is 67.8 Å². The van der Waals surface area contributed by atoms with Gasteiger partial charge in [0, 0.05) is 29.9 Å². The number of aliphatic hydroxyl groups excluding tert-OH is 1. The van der Waals surface area contributed by atoms with Crippen molar-refractivity contribution in [2.75, 3.05) is 0 Å². The molecule has 1 atom stereocenters. The SMILES string of the molecule is OC1CC(Oc2ccc(C34CC(C(F)(F)[C@](O)(Cn5cnnn5)c5ccc(F)cc5F)(C3)C4)cc2)C1. The second kappa shape index (κ2) is 7.72. The van der Waals surface area contributed by atoms with E-state index >= 15 is 8.78 Å². The first-order valence-corrected chi connectivity index (χ1v) is 11.8. The van der Waals surface area contributed by atoms with Crippen LogP contribution in [-0.2, 0) is 17.6 Å². The molecule has 0 saturated heterocycles. The molecule has 7 nitrogen and oxygen atoms in total. The Morgan fingerprint density at radius 1 is 1.06 bits per heavy atom. The van der Waals surface area contributed by atoms with E-state index in [0.717, 1.165) is 28.7 Å². The Morgan fingerprint density at radius 3 is 2.33 bits per heavy atom. The smallest absolute Gasteiger partial charge is 0.287 e. The fraction of sp³-hybridized carbons (Fsp3) is 0.480. The Bertz CT molecular complexity index is 1260. The van der Waals surface area contributed by atoms with Gasteiger partial charge in [0.15, 0.2) is 5.60 Å². The molecule has 7 rings (SSSR count). The first-order chi connectivity index (χ1) is 17.1. The van der Waals surface area contributed by atoms with Gasteiger partial charge in [-0.15, -0.1) is 5.10 Å². The van der Waals surface area contributed by atoms with Crippen LogP contribution in [0.5, 0.6) is 5.75 Å². The third-order valence-corrected chi connectivity index (χ3v) is 8.21. The summed E-state index contributed by atoms with van der Waals surface area (Å²) in [5.41, 5.74) is -4.80. The normalized spacial score (nSPS) is 30.5. The zero-order valence-corrected chi connectivity index (χ0v) is 19.1. The van der Waals surface area contributed by atoms with E-state index in [0.29, 0.717) is 24.7 Å². The van der Waals surface area contributed by atoms with Crippen molar-refractivity contribution in [2.24, 2.45) is 5.41 Å². The van der Waals surface area contributed by atoms with Crippen LogP contribution in [0.3, 0.4) is 0 Å². The fourth-order valence-electron chi connectivity index (χ4n) is 6.25. The van der Waals surface area contributed by atoms with Crippen LogP contribution in [0.15, 0.2) is 48.8 Å². The molecule has 2 bridgehead atoms. The Morgan fingerprint density at radius 2 is 1.75 bits per heavy atom. The van der Waals surface area contributed by atoms with Crippen LogP contribution in [0.1, 0.15) is 43.2 Å². The predicted molar refractivity (Wildman–Crippen MR) is 117 cm³/mol. The molecule has 1 aromatic heterocycles. The van der Waals surface area contributed by atoms with Crippen LogP contribution in [-0.4, -0.2) is 48.6 Å². The molecular weight excluding hydrogens is 480 g/mol. The first kappa shape index (κ1) is 23.4. The second-order valence-electron chi connectivity index (χ2n) is 10.5. The molecule has 2 aromatic carbocycles. The van der Waals surface area contributed by atoms with Gasteiger partial charge in [0.05, 0.1) is 12.6 Å². The Balaban J connectivity index is 1.24. The van der Waals surface area contributed by atoms with Crippen molar-refractivity contribution in [1.29, 1.82) is 0 Å².